The van der Waals surface area contributed by atoms with Gasteiger partial charge in [0.1, 0.15) is 20.9 Å². The summed E-state index contributed by atoms with van der Waals surface area (Å²) in [6.45, 7) is 0. The van der Waals surface area contributed by atoms with Crippen molar-refractivity contribution < 1.29 is 24.0 Å². The standard InChI is InChI=1S/C34H28N4O5S3/c1-35-24(39)18-23-19-45-31(36-23)27-28(34(42)43-37-25(40)17-20-11-5-2-6-12-20)38-32(41)29(44)33(38)46-30(27)26(21-13-7-3-8-14-21)22-15-9-4-10-16-22/h2-16,19,26,30,33H,17-18H2,1H3,(H,35,39)(H,37,40)/t30?,33-/m0/s1. The fourth-order valence-corrected chi connectivity index (χ4v) is 8.47. The monoisotopic (exact) mass is 668 g/mol. The Morgan fingerprint density at radius 1 is 0.913 bits per heavy atom. The maximum atomic E-state index is 14.0. The lowest BCUT2D eigenvalue weighted by Crippen LogP contribution is -2.62. The number of carbonyl (C=O) groups is 4. The first-order valence-corrected chi connectivity index (χ1v) is 16.6. The van der Waals surface area contributed by atoms with Crippen molar-refractivity contribution in [1.29, 1.82) is 0 Å². The van der Waals surface area contributed by atoms with Crippen LogP contribution in [-0.4, -0.2) is 56.1 Å². The maximum Gasteiger partial charge on any atom is 0.379 e. The Kier molecular flexibility index (Phi) is 9.38. The van der Waals surface area contributed by atoms with Gasteiger partial charge >= 0.3 is 5.97 Å². The zero-order valence-electron chi connectivity index (χ0n) is 24.5. The number of aromatic nitrogens is 1. The third-order valence-electron chi connectivity index (χ3n) is 7.63. The number of thiocarbonyl (C=S) groups is 1. The first-order chi connectivity index (χ1) is 22.4. The summed E-state index contributed by atoms with van der Waals surface area (Å²) in [5.41, 5.74) is 5.92. The molecule has 12 heteroatoms. The Morgan fingerprint density at radius 2 is 1.52 bits per heavy atom. The quantitative estimate of drug-likeness (QED) is 0.153. The van der Waals surface area contributed by atoms with Crippen molar-refractivity contribution in [2.24, 2.45) is 0 Å². The van der Waals surface area contributed by atoms with Gasteiger partial charge in [0.2, 0.25) is 5.91 Å². The second-order valence-corrected chi connectivity index (χ2v) is 13.1. The van der Waals surface area contributed by atoms with Crippen molar-refractivity contribution in [2.45, 2.75) is 29.4 Å². The molecule has 3 amide bonds. The lowest BCUT2D eigenvalue weighted by molar-refractivity contribution is -0.156. The molecule has 1 fully saturated rings. The molecule has 1 unspecified atom stereocenters. The van der Waals surface area contributed by atoms with E-state index in [4.69, 9.17) is 22.0 Å². The number of hydroxylamine groups is 1. The summed E-state index contributed by atoms with van der Waals surface area (Å²) >= 11 is 8.24. The van der Waals surface area contributed by atoms with Crippen LogP contribution in [0.4, 0.5) is 0 Å². The van der Waals surface area contributed by atoms with Gasteiger partial charge in [-0.15, -0.1) is 23.1 Å². The molecule has 1 aromatic heterocycles. The van der Waals surface area contributed by atoms with E-state index in [1.54, 1.807) is 24.6 Å². The molecule has 0 spiro atoms. The number of benzene rings is 3. The number of thioether (sulfide) groups is 1. The molecule has 2 N–H and O–H groups in total. The summed E-state index contributed by atoms with van der Waals surface area (Å²) < 4.78 is 0. The number of nitrogens with one attached hydrogen (secondary N) is 2. The summed E-state index contributed by atoms with van der Waals surface area (Å²) in [4.78, 5) is 63.9. The number of nitrogens with zero attached hydrogens (tertiary/aromatic N) is 2. The molecule has 0 radical (unpaired) electrons. The lowest BCUT2D eigenvalue weighted by atomic mass is 9.84. The first-order valence-electron chi connectivity index (χ1n) is 14.4. The highest BCUT2D eigenvalue weighted by Crippen LogP contribution is 2.53. The Balaban J connectivity index is 1.46. The molecule has 4 aromatic rings. The van der Waals surface area contributed by atoms with E-state index in [0.29, 0.717) is 16.3 Å². The number of β-lactam (4-membered cyclic amide) rings is 1. The zero-order chi connectivity index (χ0) is 32.2. The van der Waals surface area contributed by atoms with Gasteiger partial charge in [0.05, 0.1) is 18.5 Å². The Labute approximate surface area is 279 Å². The van der Waals surface area contributed by atoms with Gasteiger partial charge in [-0.3, -0.25) is 19.3 Å². The number of amides is 3. The van der Waals surface area contributed by atoms with Crippen LogP contribution in [0, 0.1) is 0 Å². The average Bonchev–Trinajstić information content (AvgIpc) is 3.55. The molecule has 2 aliphatic heterocycles. The van der Waals surface area contributed by atoms with Gasteiger partial charge in [-0.05, 0) is 16.7 Å². The summed E-state index contributed by atoms with van der Waals surface area (Å²) in [5.74, 6) is -2.42. The minimum Gasteiger partial charge on any atom is -0.359 e. The molecule has 0 bridgehead atoms. The molecule has 2 atom stereocenters. The van der Waals surface area contributed by atoms with Crippen LogP contribution in [0.3, 0.4) is 0 Å². The van der Waals surface area contributed by atoms with Gasteiger partial charge in [0, 0.05) is 29.2 Å². The molecule has 2 aliphatic rings. The van der Waals surface area contributed by atoms with Crippen LogP contribution in [0.2, 0.25) is 0 Å². The third-order valence-corrected chi connectivity index (χ3v) is 10.6. The van der Waals surface area contributed by atoms with Gasteiger partial charge in [-0.1, -0.05) is 103 Å². The van der Waals surface area contributed by atoms with Gasteiger partial charge < -0.3 is 10.2 Å². The van der Waals surface area contributed by atoms with Crippen molar-refractivity contribution in [2.75, 3.05) is 7.05 Å². The molecule has 3 heterocycles. The lowest BCUT2D eigenvalue weighted by Gasteiger charge is -2.48. The average molecular weight is 669 g/mol. The number of hydrogen-bond acceptors (Lipinski definition) is 9. The van der Waals surface area contributed by atoms with Crippen LogP contribution in [0.25, 0.3) is 5.57 Å². The van der Waals surface area contributed by atoms with Crippen LogP contribution in [0.5, 0.6) is 0 Å². The largest absolute Gasteiger partial charge is 0.379 e. The van der Waals surface area contributed by atoms with E-state index < -0.39 is 28.4 Å². The molecule has 3 aromatic carbocycles. The second-order valence-electron chi connectivity index (χ2n) is 10.6. The van der Waals surface area contributed by atoms with Crippen molar-refractivity contribution in [1.82, 2.24) is 20.7 Å². The topological polar surface area (TPSA) is 118 Å². The van der Waals surface area contributed by atoms with E-state index in [1.807, 2.05) is 78.9 Å². The maximum absolute atomic E-state index is 14.0. The molecule has 46 heavy (non-hydrogen) atoms. The fraction of sp³-hybridized carbons (Fsp3) is 0.176. The number of likely N-dealkylation sites (N-methyl/N-ethyl adjacent to an activating group) is 1. The number of carbonyl (C=O) groups excluding carboxylic acids is 4. The summed E-state index contributed by atoms with van der Waals surface area (Å²) in [6.07, 6.45) is 0.0385. The van der Waals surface area contributed by atoms with E-state index in [9.17, 15) is 19.2 Å². The van der Waals surface area contributed by atoms with Crippen molar-refractivity contribution in [3.8, 4) is 0 Å². The summed E-state index contributed by atoms with van der Waals surface area (Å²) in [7, 11) is 1.55. The highest BCUT2D eigenvalue weighted by Gasteiger charge is 2.55. The molecule has 0 aliphatic carbocycles. The molecule has 9 nitrogen and oxygen atoms in total. The van der Waals surface area contributed by atoms with Gasteiger partial charge in [0.25, 0.3) is 11.8 Å². The predicted octanol–water partition coefficient (Wildman–Crippen LogP) is 4.45. The minimum atomic E-state index is -0.912. The van der Waals surface area contributed by atoms with Crippen LogP contribution in [-0.2, 0) is 36.9 Å². The number of hydrogen-bond donors (Lipinski definition) is 2. The van der Waals surface area contributed by atoms with Crippen molar-refractivity contribution in [3.63, 3.8) is 0 Å². The minimum absolute atomic E-state index is 0.00667. The van der Waals surface area contributed by atoms with Crippen LogP contribution in [0.1, 0.15) is 33.3 Å². The smallest absolute Gasteiger partial charge is 0.359 e. The van der Waals surface area contributed by atoms with Gasteiger partial charge in [-0.2, -0.15) is 5.48 Å². The van der Waals surface area contributed by atoms with Crippen molar-refractivity contribution in [3.05, 3.63) is 129 Å². The molecular weight excluding hydrogens is 641 g/mol. The first kappa shape index (κ1) is 31.3. The molecule has 1 saturated heterocycles. The van der Waals surface area contributed by atoms with Crippen molar-refractivity contribution >= 4 is 69.4 Å². The van der Waals surface area contributed by atoms with E-state index in [-0.39, 0.29) is 35.2 Å². The Morgan fingerprint density at radius 3 is 2.13 bits per heavy atom. The number of fused-ring (bicyclic) bond motifs is 1. The third kappa shape index (κ3) is 6.37. The Hall–Kier alpha value is -4.65. The molecule has 0 saturated carbocycles. The number of rotatable bonds is 9. The highest BCUT2D eigenvalue weighted by molar-refractivity contribution is 8.03. The normalized spacial score (nSPS) is 17.3. The predicted molar refractivity (Wildman–Crippen MR) is 181 cm³/mol. The van der Waals surface area contributed by atoms with E-state index >= 15 is 0 Å². The van der Waals surface area contributed by atoms with Crippen LogP contribution >= 0.6 is 35.3 Å². The SMILES string of the molecule is CNC(=O)Cc1csc(C2=C(C(=O)ONC(=O)Cc3ccccc3)N3C(=O)C(=S)[C@@H]3SC2C(c2ccccc2)c2ccccc2)n1. The molecule has 232 valence electrons. The van der Waals surface area contributed by atoms with E-state index in [2.05, 4.69) is 10.8 Å². The second kappa shape index (κ2) is 13.8. The Bertz CT molecular complexity index is 1790. The molecular formula is C34H28N4O5S3. The van der Waals surface area contributed by atoms with Gasteiger partial charge in [0.15, 0.2) is 0 Å². The summed E-state index contributed by atoms with van der Waals surface area (Å²) in [5, 5.41) is 3.77. The van der Waals surface area contributed by atoms with Gasteiger partial charge in [-0.25, -0.2) is 9.78 Å². The van der Waals surface area contributed by atoms with E-state index in [1.165, 1.54) is 28.0 Å². The zero-order valence-corrected chi connectivity index (χ0v) is 27.0. The van der Waals surface area contributed by atoms with Crippen LogP contribution < -0.4 is 10.8 Å². The fourth-order valence-electron chi connectivity index (χ4n) is 5.47. The van der Waals surface area contributed by atoms with Crippen LogP contribution in [0.15, 0.2) is 102 Å². The highest BCUT2D eigenvalue weighted by atomic mass is 32.2. The van der Waals surface area contributed by atoms with E-state index in [0.717, 1.165) is 16.7 Å². The number of thiazole rings is 1. The summed E-state index contributed by atoms with van der Waals surface area (Å²) in [6, 6.07) is 28.8. The molecule has 6 rings (SSSR count).